The third-order valence-electron chi connectivity index (χ3n) is 3.75. The Balaban J connectivity index is 2.00. The zero-order chi connectivity index (χ0) is 15.0. The normalized spacial score (nSPS) is 18.4. The minimum Gasteiger partial charge on any atom is -0.306 e. The third kappa shape index (κ3) is 2.65. The predicted molar refractivity (Wildman–Crippen MR) is 71.4 cm³/mol. The molecule has 0 saturated heterocycles. The van der Waals surface area contributed by atoms with E-state index in [4.69, 9.17) is 0 Å². The molecular weight excluding hydrogens is 282 g/mol. The van der Waals surface area contributed by atoms with Gasteiger partial charge < -0.3 is 5.32 Å². The predicted octanol–water partition coefficient (Wildman–Crippen LogP) is 4.08. The van der Waals surface area contributed by atoms with Crippen molar-refractivity contribution in [3.63, 3.8) is 0 Å². The van der Waals surface area contributed by atoms with Gasteiger partial charge in [0, 0.05) is 12.1 Å². The van der Waals surface area contributed by atoms with E-state index >= 15 is 0 Å². The smallest absolute Gasteiger partial charge is 0.306 e. The first-order valence-corrected chi connectivity index (χ1v) is 6.64. The molecule has 0 radical (unpaired) electrons. The Kier molecular flexibility index (Phi) is 3.45. The molecule has 1 nitrogen and oxygen atoms in total. The second-order valence-electron chi connectivity index (χ2n) is 5.07. The van der Waals surface area contributed by atoms with Gasteiger partial charge in [0.05, 0.1) is 11.6 Å². The highest BCUT2D eigenvalue weighted by Gasteiger charge is 2.31. The molecule has 0 saturated carbocycles. The van der Waals surface area contributed by atoms with Crippen LogP contribution in [0.25, 0.3) is 0 Å². The van der Waals surface area contributed by atoms with Crippen LogP contribution in [-0.2, 0) is 12.6 Å². The van der Waals surface area contributed by atoms with Gasteiger partial charge in [0.25, 0.3) is 0 Å². The fourth-order valence-electron chi connectivity index (χ4n) is 2.73. The number of benzene rings is 2. The molecule has 5 heteroatoms. The van der Waals surface area contributed by atoms with Gasteiger partial charge in [-0.25, -0.2) is 4.39 Å². The highest BCUT2D eigenvalue weighted by molar-refractivity contribution is 5.41. The molecule has 21 heavy (non-hydrogen) atoms. The lowest BCUT2D eigenvalue weighted by atomic mass is 9.89. The molecule has 0 spiro atoms. The first-order chi connectivity index (χ1) is 9.97. The van der Waals surface area contributed by atoms with Crippen molar-refractivity contribution in [2.75, 3.05) is 6.54 Å². The molecule has 1 aliphatic rings. The van der Waals surface area contributed by atoms with Crippen LogP contribution in [0.3, 0.4) is 0 Å². The van der Waals surface area contributed by atoms with E-state index < -0.39 is 17.8 Å². The average molecular weight is 295 g/mol. The first kappa shape index (κ1) is 14.1. The molecule has 1 unspecified atom stereocenters. The molecule has 1 aliphatic heterocycles. The van der Waals surface area contributed by atoms with Gasteiger partial charge in [0.1, 0.15) is 5.82 Å². The Morgan fingerprint density at radius 3 is 2.38 bits per heavy atom. The summed E-state index contributed by atoms with van der Waals surface area (Å²) in [6.45, 7) is 0.669. The summed E-state index contributed by atoms with van der Waals surface area (Å²) >= 11 is 0. The monoisotopic (exact) mass is 295 g/mol. The zero-order valence-corrected chi connectivity index (χ0v) is 11.0. The molecule has 110 valence electrons. The van der Waals surface area contributed by atoms with Crippen molar-refractivity contribution in [2.45, 2.75) is 18.6 Å². The van der Waals surface area contributed by atoms with Crippen LogP contribution in [0.15, 0.2) is 42.5 Å². The van der Waals surface area contributed by atoms with Crippen molar-refractivity contribution in [1.82, 2.24) is 5.32 Å². The molecule has 0 bridgehead atoms. The van der Waals surface area contributed by atoms with Crippen LogP contribution in [0.1, 0.15) is 28.3 Å². The van der Waals surface area contributed by atoms with E-state index in [1.807, 2.05) is 6.07 Å². The summed E-state index contributed by atoms with van der Waals surface area (Å²) in [4.78, 5) is 0. The van der Waals surface area contributed by atoms with Crippen LogP contribution in [0.2, 0.25) is 0 Å². The summed E-state index contributed by atoms with van der Waals surface area (Å²) < 4.78 is 51.8. The third-order valence-corrected chi connectivity index (χ3v) is 3.75. The lowest BCUT2D eigenvalue weighted by molar-refractivity contribution is -0.137. The summed E-state index contributed by atoms with van der Waals surface area (Å²) in [7, 11) is 0. The summed E-state index contributed by atoms with van der Waals surface area (Å²) in [6, 6.07) is 9.36. The molecule has 1 heterocycles. The van der Waals surface area contributed by atoms with Gasteiger partial charge in [-0.05, 0) is 35.7 Å². The molecule has 1 atom stereocenters. The maximum absolute atomic E-state index is 14.1. The van der Waals surface area contributed by atoms with E-state index in [1.165, 1.54) is 18.2 Å². The Morgan fingerprint density at radius 2 is 1.71 bits per heavy atom. The Hall–Kier alpha value is -1.88. The Bertz CT molecular complexity index is 646. The Labute approximate surface area is 119 Å². The minimum absolute atomic E-state index is 0.329. The van der Waals surface area contributed by atoms with Gasteiger partial charge in [-0.15, -0.1) is 0 Å². The zero-order valence-electron chi connectivity index (χ0n) is 11.0. The van der Waals surface area contributed by atoms with Crippen molar-refractivity contribution in [1.29, 1.82) is 0 Å². The van der Waals surface area contributed by atoms with Crippen molar-refractivity contribution < 1.29 is 17.6 Å². The number of hydrogen-bond acceptors (Lipinski definition) is 1. The van der Waals surface area contributed by atoms with Crippen molar-refractivity contribution in [2.24, 2.45) is 0 Å². The second-order valence-corrected chi connectivity index (χ2v) is 5.07. The molecule has 3 rings (SSSR count). The average Bonchev–Trinajstić information content (AvgIpc) is 2.46. The maximum Gasteiger partial charge on any atom is 0.416 e. The van der Waals surface area contributed by atoms with E-state index in [0.29, 0.717) is 24.1 Å². The van der Waals surface area contributed by atoms with Crippen molar-refractivity contribution in [3.05, 3.63) is 70.5 Å². The summed E-state index contributed by atoms with van der Waals surface area (Å²) in [5, 5.41) is 3.17. The van der Waals surface area contributed by atoms with Crippen LogP contribution in [-0.4, -0.2) is 6.54 Å². The van der Waals surface area contributed by atoms with Crippen LogP contribution < -0.4 is 5.32 Å². The van der Waals surface area contributed by atoms with Gasteiger partial charge in [-0.2, -0.15) is 13.2 Å². The molecule has 2 aromatic carbocycles. The van der Waals surface area contributed by atoms with E-state index in [1.54, 1.807) is 6.07 Å². The molecule has 0 aliphatic carbocycles. The summed E-state index contributed by atoms with van der Waals surface area (Å²) in [5.41, 5.74) is 1.37. The standard InChI is InChI=1S/C16H13F4N/c17-13-3-1-2-10-8-9-21-15(14(10)13)11-4-6-12(7-5-11)16(18,19)20/h1-7,15,21H,8-9H2. The highest BCUT2D eigenvalue weighted by Crippen LogP contribution is 2.33. The molecule has 0 fully saturated rings. The van der Waals surface area contributed by atoms with Crippen LogP contribution in [0.4, 0.5) is 17.6 Å². The molecule has 0 amide bonds. The van der Waals surface area contributed by atoms with Gasteiger partial charge in [-0.1, -0.05) is 24.3 Å². The van der Waals surface area contributed by atoms with Gasteiger partial charge >= 0.3 is 6.18 Å². The number of halogens is 4. The van der Waals surface area contributed by atoms with E-state index in [-0.39, 0.29) is 5.82 Å². The molecular formula is C16H13F4N. The van der Waals surface area contributed by atoms with Gasteiger partial charge in [0.15, 0.2) is 0 Å². The fourth-order valence-corrected chi connectivity index (χ4v) is 2.73. The Morgan fingerprint density at radius 1 is 1.00 bits per heavy atom. The highest BCUT2D eigenvalue weighted by atomic mass is 19.4. The number of rotatable bonds is 1. The number of fused-ring (bicyclic) bond motifs is 1. The van der Waals surface area contributed by atoms with Crippen LogP contribution in [0.5, 0.6) is 0 Å². The van der Waals surface area contributed by atoms with E-state index in [9.17, 15) is 17.6 Å². The first-order valence-electron chi connectivity index (χ1n) is 6.64. The SMILES string of the molecule is Fc1cccc2c1C(c1ccc(C(F)(F)F)cc1)NCC2. The largest absolute Gasteiger partial charge is 0.416 e. The van der Waals surface area contributed by atoms with Crippen LogP contribution >= 0.6 is 0 Å². The quantitative estimate of drug-likeness (QED) is 0.782. The topological polar surface area (TPSA) is 12.0 Å². The maximum atomic E-state index is 14.1. The van der Waals surface area contributed by atoms with Crippen LogP contribution in [0, 0.1) is 5.82 Å². The lowest BCUT2D eigenvalue weighted by Crippen LogP contribution is -2.31. The molecule has 2 aromatic rings. The number of nitrogens with one attached hydrogen (secondary N) is 1. The summed E-state index contributed by atoms with van der Waals surface area (Å²) in [5.74, 6) is -0.329. The number of alkyl halides is 3. The van der Waals surface area contributed by atoms with Crippen molar-refractivity contribution >= 4 is 0 Å². The lowest BCUT2D eigenvalue weighted by Gasteiger charge is -2.28. The van der Waals surface area contributed by atoms with Crippen molar-refractivity contribution in [3.8, 4) is 0 Å². The minimum atomic E-state index is -4.36. The number of hydrogen-bond donors (Lipinski definition) is 1. The molecule has 0 aromatic heterocycles. The van der Waals surface area contributed by atoms with Gasteiger partial charge in [-0.3, -0.25) is 0 Å². The second kappa shape index (κ2) is 5.15. The van der Waals surface area contributed by atoms with E-state index in [0.717, 1.165) is 17.7 Å². The molecule has 1 N–H and O–H groups in total. The van der Waals surface area contributed by atoms with E-state index in [2.05, 4.69) is 5.32 Å². The van der Waals surface area contributed by atoms with Gasteiger partial charge in [0.2, 0.25) is 0 Å². The fraction of sp³-hybridized carbons (Fsp3) is 0.250. The summed E-state index contributed by atoms with van der Waals surface area (Å²) in [6.07, 6.45) is -3.65.